The number of rotatable bonds is 2. The van der Waals surface area contributed by atoms with Crippen LogP contribution in [0.3, 0.4) is 0 Å². The van der Waals surface area contributed by atoms with Crippen LogP contribution in [-0.4, -0.2) is 14.4 Å². The molecule has 6 N–H and O–H groups in total. The van der Waals surface area contributed by atoms with E-state index in [1.54, 1.807) is 12.1 Å². The maximum Gasteiger partial charge on any atom is 0.285 e. The average molecular weight is 243 g/mol. The Morgan fingerprint density at radius 2 is 1.69 bits per heavy atom. The van der Waals surface area contributed by atoms with Gasteiger partial charge in [0.25, 0.3) is 10.0 Å². The van der Waals surface area contributed by atoms with E-state index in [2.05, 4.69) is 4.40 Å². The first-order chi connectivity index (χ1) is 7.49. The van der Waals surface area contributed by atoms with Gasteiger partial charge in [0.2, 0.25) is 5.96 Å². The minimum atomic E-state index is -3.80. The van der Waals surface area contributed by atoms with E-state index in [1.807, 2.05) is 17.8 Å². The second-order valence-electron chi connectivity index (χ2n) is 3.02. The normalized spacial score (nSPS) is 10.7. The monoisotopic (exact) mass is 243 g/mol. The summed E-state index contributed by atoms with van der Waals surface area (Å²) < 4.78 is 26.7. The van der Waals surface area contributed by atoms with Gasteiger partial charge in [-0.25, -0.2) is 11.7 Å². The van der Waals surface area contributed by atoms with Gasteiger partial charge in [-0.05, 0) is 19.1 Å². The molecule has 16 heavy (non-hydrogen) atoms. The summed E-state index contributed by atoms with van der Waals surface area (Å²) >= 11 is 0. The summed E-state index contributed by atoms with van der Waals surface area (Å²) in [5.74, 6) is 9.77. The lowest BCUT2D eigenvalue weighted by molar-refractivity contribution is 0.597. The SMILES string of the molecule is Cc1ccc(S(=O)(=O)N=C(NN)NN)cc1. The van der Waals surface area contributed by atoms with Gasteiger partial charge in [-0.1, -0.05) is 17.7 Å². The van der Waals surface area contributed by atoms with Crippen LogP contribution in [0, 0.1) is 6.92 Å². The Labute approximate surface area is 93.5 Å². The Bertz CT molecular complexity index is 474. The maximum atomic E-state index is 11.7. The summed E-state index contributed by atoms with van der Waals surface area (Å²) in [5, 5.41) is 0. The maximum absolute atomic E-state index is 11.7. The van der Waals surface area contributed by atoms with Gasteiger partial charge < -0.3 is 0 Å². The molecule has 1 aromatic carbocycles. The molecule has 0 bridgehead atoms. The van der Waals surface area contributed by atoms with E-state index in [0.717, 1.165) is 5.56 Å². The van der Waals surface area contributed by atoms with Crippen molar-refractivity contribution in [3.8, 4) is 0 Å². The lowest BCUT2D eigenvalue weighted by Crippen LogP contribution is -2.45. The number of guanidine groups is 1. The van der Waals surface area contributed by atoms with E-state index in [9.17, 15) is 8.42 Å². The van der Waals surface area contributed by atoms with Crippen molar-refractivity contribution in [2.75, 3.05) is 0 Å². The number of nitrogens with zero attached hydrogens (tertiary/aromatic N) is 1. The largest absolute Gasteiger partial charge is 0.293 e. The smallest absolute Gasteiger partial charge is 0.285 e. The Morgan fingerprint density at radius 1 is 1.19 bits per heavy atom. The van der Waals surface area contributed by atoms with E-state index in [4.69, 9.17) is 11.7 Å². The first-order valence-corrected chi connectivity index (χ1v) is 5.78. The second-order valence-corrected chi connectivity index (χ2v) is 4.62. The number of benzene rings is 1. The molecule has 0 fully saturated rings. The van der Waals surface area contributed by atoms with Gasteiger partial charge in [-0.3, -0.25) is 10.9 Å². The molecular weight excluding hydrogens is 230 g/mol. The van der Waals surface area contributed by atoms with E-state index in [1.165, 1.54) is 12.1 Å². The van der Waals surface area contributed by atoms with Gasteiger partial charge in [0.15, 0.2) is 0 Å². The number of nitrogens with one attached hydrogen (secondary N) is 2. The van der Waals surface area contributed by atoms with Crippen LogP contribution in [0.5, 0.6) is 0 Å². The highest BCUT2D eigenvalue weighted by atomic mass is 32.2. The van der Waals surface area contributed by atoms with Crippen LogP contribution in [0.15, 0.2) is 33.6 Å². The Hall–Kier alpha value is -1.64. The summed E-state index contributed by atoms with van der Waals surface area (Å²) in [4.78, 5) is 0.0705. The molecular formula is C8H13N5O2S. The third-order valence-electron chi connectivity index (χ3n) is 1.80. The lowest BCUT2D eigenvalue weighted by atomic mass is 10.2. The summed E-state index contributed by atoms with van der Waals surface area (Å²) in [6, 6.07) is 6.26. The number of sulfonamides is 1. The molecule has 0 saturated carbocycles. The summed E-state index contributed by atoms with van der Waals surface area (Å²) in [6.07, 6.45) is 0. The van der Waals surface area contributed by atoms with Gasteiger partial charge >= 0.3 is 0 Å². The predicted molar refractivity (Wildman–Crippen MR) is 60.4 cm³/mol. The Balaban J connectivity index is 3.12. The lowest BCUT2D eigenvalue weighted by Gasteiger charge is -2.04. The zero-order valence-corrected chi connectivity index (χ0v) is 9.45. The molecule has 8 heteroatoms. The van der Waals surface area contributed by atoms with Crippen LogP contribution >= 0.6 is 0 Å². The molecule has 0 heterocycles. The standard InChI is InChI=1S/C8H13N5O2S/c1-6-2-4-7(5-3-6)16(14,15)13-8(11-9)12-10/h2-5H,9-10H2,1H3,(H2,11,12,13). The van der Waals surface area contributed by atoms with Crippen molar-refractivity contribution in [1.29, 1.82) is 0 Å². The molecule has 88 valence electrons. The van der Waals surface area contributed by atoms with Crippen molar-refractivity contribution < 1.29 is 8.42 Å². The van der Waals surface area contributed by atoms with Crippen LogP contribution in [0.25, 0.3) is 0 Å². The molecule has 0 aliphatic carbocycles. The van der Waals surface area contributed by atoms with Gasteiger partial charge in [0.1, 0.15) is 0 Å². The molecule has 0 amide bonds. The predicted octanol–water partition coefficient (Wildman–Crippen LogP) is -1.03. The summed E-state index contributed by atoms with van der Waals surface area (Å²) in [5.41, 5.74) is 5.00. The molecule has 0 spiro atoms. The fraction of sp³-hybridized carbons (Fsp3) is 0.125. The fourth-order valence-corrected chi connectivity index (χ4v) is 1.91. The van der Waals surface area contributed by atoms with Crippen molar-refractivity contribution in [2.24, 2.45) is 16.1 Å². The summed E-state index contributed by atoms with van der Waals surface area (Å²) in [6.45, 7) is 1.86. The van der Waals surface area contributed by atoms with Crippen LogP contribution in [-0.2, 0) is 10.0 Å². The summed E-state index contributed by atoms with van der Waals surface area (Å²) in [7, 11) is -3.80. The second kappa shape index (κ2) is 4.92. The number of hydrazine groups is 2. The topological polar surface area (TPSA) is 123 Å². The van der Waals surface area contributed by atoms with Crippen molar-refractivity contribution in [1.82, 2.24) is 10.9 Å². The molecule has 0 aliphatic rings. The number of hydrogen-bond acceptors (Lipinski definition) is 4. The molecule has 1 rings (SSSR count). The highest BCUT2D eigenvalue weighted by Crippen LogP contribution is 2.12. The highest BCUT2D eigenvalue weighted by Gasteiger charge is 2.13. The van der Waals surface area contributed by atoms with Gasteiger partial charge in [0, 0.05) is 0 Å². The van der Waals surface area contributed by atoms with E-state index in [-0.39, 0.29) is 10.9 Å². The van der Waals surface area contributed by atoms with Crippen molar-refractivity contribution in [2.45, 2.75) is 11.8 Å². The Morgan fingerprint density at radius 3 is 2.12 bits per heavy atom. The molecule has 0 radical (unpaired) electrons. The zero-order chi connectivity index (χ0) is 12.2. The van der Waals surface area contributed by atoms with Crippen molar-refractivity contribution in [3.63, 3.8) is 0 Å². The van der Waals surface area contributed by atoms with Gasteiger partial charge in [-0.2, -0.15) is 8.42 Å². The van der Waals surface area contributed by atoms with E-state index < -0.39 is 10.0 Å². The number of hydrogen-bond donors (Lipinski definition) is 4. The van der Waals surface area contributed by atoms with Crippen LogP contribution in [0.2, 0.25) is 0 Å². The van der Waals surface area contributed by atoms with Crippen molar-refractivity contribution >= 4 is 16.0 Å². The van der Waals surface area contributed by atoms with E-state index in [0.29, 0.717) is 0 Å². The molecule has 0 aromatic heterocycles. The van der Waals surface area contributed by atoms with Crippen LogP contribution < -0.4 is 22.5 Å². The molecule has 0 atom stereocenters. The number of nitrogens with two attached hydrogens (primary N) is 2. The number of aryl methyl sites for hydroxylation is 1. The quantitative estimate of drug-likeness (QED) is 0.228. The molecule has 0 saturated heterocycles. The first kappa shape index (κ1) is 12.4. The molecule has 1 aromatic rings. The third-order valence-corrected chi connectivity index (χ3v) is 3.09. The third kappa shape index (κ3) is 2.92. The van der Waals surface area contributed by atoms with E-state index >= 15 is 0 Å². The average Bonchev–Trinajstić information content (AvgIpc) is 2.26. The minimum absolute atomic E-state index is 0.0705. The first-order valence-electron chi connectivity index (χ1n) is 4.34. The van der Waals surface area contributed by atoms with Gasteiger partial charge in [0.05, 0.1) is 4.90 Å². The molecule has 7 nitrogen and oxygen atoms in total. The molecule has 0 aliphatic heterocycles. The minimum Gasteiger partial charge on any atom is -0.293 e. The van der Waals surface area contributed by atoms with Crippen LogP contribution in [0.1, 0.15) is 5.56 Å². The zero-order valence-electron chi connectivity index (χ0n) is 8.64. The highest BCUT2D eigenvalue weighted by molar-refractivity contribution is 7.90. The van der Waals surface area contributed by atoms with Gasteiger partial charge in [-0.15, -0.1) is 4.40 Å². The Kier molecular flexibility index (Phi) is 3.82. The fourth-order valence-electron chi connectivity index (χ4n) is 0.977. The van der Waals surface area contributed by atoms with Crippen molar-refractivity contribution in [3.05, 3.63) is 29.8 Å². The van der Waals surface area contributed by atoms with Crippen LogP contribution in [0.4, 0.5) is 0 Å². The molecule has 0 unspecified atom stereocenters.